The molecule has 0 spiro atoms. The molecule has 1 unspecified atom stereocenters. The zero-order chi connectivity index (χ0) is 21.9. The van der Waals surface area contributed by atoms with E-state index in [0.717, 1.165) is 51.4 Å². The van der Waals surface area contributed by atoms with Gasteiger partial charge in [-0.1, -0.05) is 19.4 Å². The standard InChI is InChI=1S/C27H46O3/c1-17(2)7-6-12-27(5,30)24-9-8-20-19-16-23(29)22-15-18(28)10-13-25(22,3)21(19)11-14-26(20,24)4/h18-24,28-30H,1,6-16H2,2-5H3/t18-,19-,20-,21-,22+,23-,24-,25+,26-,27?/m0/s1. The zero-order valence-electron chi connectivity index (χ0n) is 19.9. The van der Waals surface area contributed by atoms with Gasteiger partial charge in [0, 0.05) is 0 Å². The van der Waals surface area contributed by atoms with Crippen molar-refractivity contribution in [3.8, 4) is 0 Å². The molecule has 0 saturated heterocycles. The zero-order valence-corrected chi connectivity index (χ0v) is 19.9. The minimum absolute atomic E-state index is 0.172. The van der Waals surface area contributed by atoms with Crippen LogP contribution < -0.4 is 0 Å². The van der Waals surface area contributed by atoms with E-state index in [2.05, 4.69) is 34.3 Å². The molecule has 3 heteroatoms. The van der Waals surface area contributed by atoms with Gasteiger partial charge >= 0.3 is 0 Å². The van der Waals surface area contributed by atoms with Crippen molar-refractivity contribution >= 4 is 0 Å². The molecule has 0 aromatic heterocycles. The molecule has 0 heterocycles. The Hall–Kier alpha value is -0.380. The highest BCUT2D eigenvalue weighted by Crippen LogP contribution is 2.68. The summed E-state index contributed by atoms with van der Waals surface area (Å²) in [6.45, 7) is 13.1. The second-order valence-corrected chi connectivity index (χ2v) is 12.6. The first-order valence-electron chi connectivity index (χ1n) is 12.7. The van der Waals surface area contributed by atoms with Crippen LogP contribution in [0.2, 0.25) is 0 Å². The first-order chi connectivity index (χ1) is 14.0. The van der Waals surface area contributed by atoms with Gasteiger partial charge in [0.2, 0.25) is 0 Å². The molecule has 10 atom stereocenters. The number of hydrogen-bond donors (Lipinski definition) is 3. The molecule has 4 aliphatic rings. The van der Waals surface area contributed by atoms with Gasteiger partial charge < -0.3 is 15.3 Å². The average molecular weight is 419 g/mol. The number of rotatable bonds is 5. The Balaban J connectivity index is 1.54. The summed E-state index contributed by atoms with van der Waals surface area (Å²) in [6, 6.07) is 0. The second-order valence-electron chi connectivity index (χ2n) is 12.6. The molecule has 0 radical (unpaired) electrons. The van der Waals surface area contributed by atoms with Crippen molar-refractivity contribution in [1.29, 1.82) is 0 Å². The third kappa shape index (κ3) is 3.61. The van der Waals surface area contributed by atoms with Gasteiger partial charge in [0.1, 0.15) is 0 Å². The van der Waals surface area contributed by atoms with Gasteiger partial charge in [-0.3, -0.25) is 0 Å². The van der Waals surface area contributed by atoms with Crippen LogP contribution in [0.1, 0.15) is 98.3 Å². The molecular weight excluding hydrogens is 372 g/mol. The summed E-state index contributed by atoms with van der Waals surface area (Å²) >= 11 is 0. The minimum Gasteiger partial charge on any atom is -0.393 e. The first-order valence-corrected chi connectivity index (χ1v) is 12.7. The highest BCUT2D eigenvalue weighted by molar-refractivity contribution is 5.13. The smallest absolute Gasteiger partial charge is 0.0653 e. The van der Waals surface area contributed by atoms with Crippen LogP contribution in [0, 0.1) is 40.4 Å². The monoisotopic (exact) mass is 418 g/mol. The molecule has 4 rings (SSSR count). The average Bonchev–Trinajstić information content (AvgIpc) is 3.01. The fourth-order valence-corrected chi connectivity index (χ4v) is 9.22. The van der Waals surface area contributed by atoms with E-state index < -0.39 is 5.60 Å². The Morgan fingerprint density at radius 2 is 1.63 bits per heavy atom. The molecule has 0 aromatic carbocycles. The SMILES string of the molecule is C=C(C)CCCC(C)(O)[C@H]1CC[C@H]2[C@@H]3C[C@H](O)[C@H]4C[C@@H](O)CC[C@]4(C)[C@H]3CC[C@]12C. The topological polar surface area (TPSA) is 60.7 Å². The molecule has 3 nitrogen and oxygen atoms in total. The largest absolute Gasteiger partial charge is 0.393 e. The summed E-state index contributed by atoms with van der Waals surface area (Å²) in [4.78, 5) is 0. The number of fused-ring (bicyclic) bond motifs is 5. The van der Waals surface area contributed by atoms with Crippen LogP contribution in [0.5, 0.6) is 0 Å². The van der Waals surface area contributed by atoms with Crippen molar-refractivity contribution in [2.45, 2.75) is 116 Å². The molecule has 4 saturated carbocycles. The summed E-state index contributed by atoms with van der Waals surface area (Å²) in [6.07, 6.45) is 10.8. The third-order valence-electron chi connectivity index (χ3n) is 10.7. The normalized spacial score (nSPS) is 50.2. The molecular formula is C27H46O3. The Kier molecular flexibility index (Phi) is 5.99. The Morgan fingerprint density at radius 3 is 2.33 bits per heavy atom. The van der Waals surface area contributed by atoms with Gasteiger partial charge in [0.15, 0.2) is 0 Å². The maximum atomic E-state index is 11.5. The highest BCUT2D eigenvalue weighted by atomic mass is 16.3. The lowest BCUT2D eigenvalue weighted by Gasteiger charge is -2.62. The number of aliphatic hydroxyl groups excluding tert-OH is 2. The second kappa shape index (κ2) is 7.89. The predicted octanol–water partition coefficient (Wildman–Crippen LogP) is 5.47. The highest BCUT2D eigenvalue weighted by Gasteiger charge is 2.63. The Morgan fingerprint density at radius 1 is 0.967 bits per heavy atom. The van der Waals surface area contributed by atoms with E-state index in [1.165, 1.54) is 24.8 Å². The van der Waals surface area contributed by atoms with Gasteiger partial charge in [-0.2, -0.15) is 0 Å². The summed E-state index contributed by atoms with van der Waals surface area (Å²) < 4.78 is 0. The predicted molar refractivity (Wildman–Crippen MR) is 122 cm³/mol. The molecule has 3 N–H and O–H groups in total. The van der Waals surface area contributed by atoms with Crippen molar-refractivity contribution in [3.05, 3.63) is 12.2 Å². The van der Waals surface area contributed by atoms with Crippen molar-refractivity contribution in [2.75, 3.05) is 0 Å². The number of aliphatic hydroxyl groups is 3. The molecule has 0 aliphatic heterocycles. The van der Waals surface area contributed by atoms with E-state index >= 15 is 0 Å². The summed E-state index contributed by atoms with van der Waals surface area (Å²) in [5, 5.41) is 32.9. The molecule has 172 valence electrons. The lowest BCUT2D eigenvalue weighted by atomic mass is 9.43. The molecule has 0 aromatic rings. The van der Waals surface area contributed by atoms with Crippen LogP contribution >= 0.6 is 0 Å². The number of allylic oxidation sites excluding steroid dienone is 1. The summed E-state index contributed by atoms with van der Waals surface area (Å²) in [7, 11) is 0. The van der Waals surface area contributed by atoms with Crippen molar-refractivity contribution in [2.24, 2.45) is 40.4 Å². The van der Waals surface area contributed by atoms with Crippen LogP contribution in [0.4, 0.5) is 0 Å². The lowest BCUT2D eigenvalue weighted by Crippen LogP contribution is -2.59. The van der Waals surface area contributed by atoms with E-state index in [0.29, 0.717) is 23.7 Å². The van der Waals surface area contributed by atoms with Crippen molar-refractivity contribution < 1.29 is 15.3 Å². The fraction of sp³-hybridized carbons (Fsp3) is 0.926. The van der Waals surface area contributed by atoms with Crippen LogP contribution in [-0.2, 0) is 0 Å². The summed E-state index contributed by atoms with van der Waals surface area (Å²) in [5.41, 5.74) is 0.953. The minimum atomic E-state index is -0.611. The maximum absolute atomic E-state index is 11.5. The number of hydrogen-bond acceptors (Lipinski definition) is 3. The Labute approximate surface area is 184 Å². The molecule has 4 aliphatic carbocycles. The van der Waals surface area contributed by atoms with E-state index in [1.807, 2.05) is 0 Å². The maximum Gasteiger partial charge on any atom is 0.0653 e. The quantitative estimate of drug-likeness (QED) is 0.519. The van der Waals surface area contributed by atoms with E-state index in [9.17, 15) is 15.3 Å². The first kappa shape index (κ1) is 22.8. The summed E-state index contributed by atoms with van der Waals surface area (Å²) in [5.74, 6) is 2.48. The van der Waals surface area contributed by atoms with E-state index in [4.69, 9.17) is 0 Å². The van der Waals surface area contributed by atoms with Gasteiger partial charge in [-0.15, -0.1) is 6.58 Å². The van der Waals surface area contributed by atoms with Crippen LogP contribution in [0.3, 0.4) is 0 Å². The van der Waals surface area contributed by atoms with Crippen LogP contribution in [-0.4, -0.2) is 33.1 Å². The van der Waals surface area contributed by atoms with Crippen molar-refractivity contribution in [3.63, 3.8) is 0 Å². The van der Waals surface area contributed by atoms with Gasteiger partial charge in [-0.05, 0) is 125 Å². The molecule has 0 bridgehead atoms. The Bertz CT molecular complexity index is 656. The molecule has 4 fully saturated rings. The lowest BCUT2D eigenvalue weighted by molar-refractivity contribution is -0.179. The fourth-order valence-electron chi connectivity index (χ4n) is 9.22. The van der Waals surface area contributed by atoms with E-state index in [-0.39, 0.29) is 29.0 Å². The van der Waals surface area contributed by atoms with Gasteiger partial charge in [0.05, 0.1) is 17.8 Å². The van der Waals surface area contributed by atoms with Crippen molar-refractivity contribution in [1.82, 2.24) is 0 Å². The third-order valence-corrected chi connectivity index (χ3v) is 10.7. The van der Waals surface area contributed by atoms with E-state index in [1.54, 1.807) is 0 Å². The van der Waals surface area contributed by atoms with Gasteiger partial charge in [-0.25, -0.2) is 0 Å². The molecule has 30 heavy (non-hydrogen) atoms. The van der Waals surface area contributed by atoms with Crippen LogP contribution in [0.15, 0.2) is 12.2 Å². The van der Waals surface area contributed by atoms with Crippen LogP contribution in [0.25, 0.3) is 0 Å². The molecule has 0 amide bonds. The van der Waals surface area contributed by atoms with Gasteiger partial charge in [0.25, 0.3) is 0 Å².